The van der Waals surface area contributed by atoms with Crippen LogP contribution in [-0.2, 0) is 10.0 Å². The van der Waals surface area contributed by atoms with E-state index in [-0.39, 0.29) is 32.5 Å². The molecule has 154 valence electrons. The minimum absolute atomic E-state index is 0.0372. The van der Waals surface area contributed by atoms with E-state index in [9.17, 15) is 23.3 Å². The third kappa shape index (κ3) is 5.07. The molecule has 0 aliphatic heterocycles. The van der Waals surface area contributed by atoms with Crippen LogP contribution in [0.4, 0.5) is 17.1 Å². The van der Waals surface area contributed by atoms with Gasteiger partial charge in [-0.3, -0.25) is 19.6 Å². The number of non-ortho nitro benzene ring substituents is 1. The number of hydrogen-bond donors (Lipinski definition) is 2. The van der Waals surface area contributed by atoms with Crippen LogP contribution in [0.3, 0.4) is 0 Å². The molecule has 1 amide bonds. The number of amides is 1. The molecule has 3 aromatic rings. The minimum atomic E-state index is -4.05. The van der Waals surface area contributed by atoms with Gasteiger partial charge in [0.1, 0.15) is 4.90 Å². The van der Waals surface area contributed by atoms with Crippen molar-refractivity contribution >= 4 is 56.2 Å². The van der Waals surface area contributed by atoms with Crippen LogP contribution in [-0.4, -0.2) is 19.2 Å². The van der Waals surface area contributed by atoms with Crippen molar-refractivity contribution in [2.45, 2.75) is 4.90 Å². The average molecular weight is 466 g/mol. The number of sulfonamides is 1. The number of rotatable bonds is 6. The van der Waals surface area contributed by atoms with E-state index in [1.807, 2.05) is 0 Å². The number of halogens is 2. The number of nitrogens with zero attached hydrogens (tertiary/aromatic N) is 1. The molecule has 0 aromatic heterocycles. The predicted molar refractivity (Wildman–Crippen MR) is 115 cm³/mol. The second kappa shape index (κ2) is 8.70. The topological polar surface area (TPSA) is 118 Å². The fraction of sp³-hybridized carbons (Fsp3) is 0. The number of carbonyl (C=O) groups is 1. The summed E-state index contributed by atoms with van der Waals surface area (Å²) in [6, 6.07) is 15.0. The number of benzene rings is 3. The van der Waals surface area contributed by atoms with Gasteiger partial charge in [-0.15, -0.1) is 0 Å². The van der Waals surface area contributed by atoms with Crippen LogP contribution >= 0.6 is 23.2 Å². The second-order valence-electron chi connectivity index (χ2n) is 6.02. The molecule has 0 saturated carbocycles. The Hall–Kier alpha value is -3.14. The van der Waals surface area contributed by atoms with Crippen molar-refractivity contribution in [2.75, 3.05) is 10.0 Å². The molecular formula is C19H13Cl2N3O5S. The zero-order chi connectivity index (χ0) is 21.9. The van der Waals surface area contributed by atoms with E-state index < -0.39 is 20.9 Å². The Bertz CT molecular complexity index is 1210. The molecule has 0 saturated heterocycles. The van der Waals surface area contributed by atoms with Gasteiger partial charge >= 0.3 is 0 Å². The standard InChI is InChI=1S/C19H13Cl2N3O5S/c20-13-3-5-14(6-4-13)23-30(28,29)18-11-15(7-10-17(18)21)22-19(25)12-1-8-16(9-2-12)24(26)27/h1-11,23H,(H,22,25). The third-order valence-electron chi connectivity index (χ3n) is 3.92. The first-order valence-electron chi connectivity index (χ1n) is 8.29. The van der Waals surface area contributed by atoms with Crippen molar-refractivity contribution in [3.05, 3.63) is 92.5 Å². The molecule has 3 rings (SSSR count). The van der Waals surface area contributed by atoms with Crippen LogP contribution in [0.15, 0.2) is 71.6 Å². The Morgan fingerprint density at radius 1 is 0.900 bits per heavy atom. The van der Waals surface area contributed by atoms with Crippen LogP contribution in [0.1, 0.15) is 10.4 Å². The fourth-order valence-corrected chi connectivity index (χ4v) is 4.16. The molecule has 3 aromatic carbocycles. The van der Waals surface area contributed by atoms with Gasteiger partial charge in [-0.2, -0.15) is 0 Å². The molecule has 30 heavy (non-hydrogen) atoms. The Kier molecular flexibility index (Phi) is 6.25. The van der Waals surface area contributed by atoms with E-state index in [4.69, 9.17) is 23.2 Å². The summed E-state index contributed by atoms with van der Waals surface area (Å²) in [5.74, 6) is -0.568. The molecule has 11 heteroatoms. The van der Waals surface area contributed by atoms with Gasteiger partial charge in [0.2, 0.25) is 0 Å². The largest absolute Gasteiger partial charge is 0.322 e. The van der Waals surface area contributed by atoms with Gasteiger partial charge in [-0.1, -0.05) is 23.2 Å². The molecule has 0 heterocycles. The molecule has 0 aliphatic rings. The molecule has 0 atom stereocenters. The highest BCUT2D eigenvalue weighted by molar-refractivity contribution is 7.92. The zero-order valence-corrected chi connectivity index (χ0v) is 17.3. The quantitative estimate of drug-likeness (QED) is 0.394. The van der Waals surface area contributed by atoms with Gasteiger partial charge in [-0.05, 0) is 54.6 Å². The summed E-state index contributed by atoms with van der Waals surface area (Å²) in [6.07, 6.45) is 0. The van der Waals surface area contributed by atoms with Crippen molar-refractivity contribution < 1.29 is 18.1 Å². The van der Waals surface area contributed by atoms with E-state index in [1.165, 1.54) is 66.7 Å². The van der Waals surface area contributed by atoms with Gasteiger partial charge in [0.05, 0.1) is 9.95 Å². The number of nitrogens with one attached hydrogen (secondary N) is 2. The van der Waals surface area contributed by atoms with Crippen LogP contribution in [0, 0.1) is 10.1 Å². The lowest BCUT2D eigenvalue weighted by Gasteiger charge is -2.12. The third-order valence-corrected chi connectivity index (χ3v) is 6.03. The number of carbonyl (C=O) groups excluding carboxylic acids is 1. The second-order valence-corrected chi connectivity index (χ2v) is 8.51. The Balaban J connectivity index is 1.82. The zero-order valence-electron chi connectivity index (χ0n) is 15.0. The highest BCUT2D eigenvalue weighted by Crippen LogP contribution is 2.27. The number of nitro benzene ring substituents is 1. The molecule has 0 aliphatic carbocycles. The van der Waals surface area contributed by atoms with Crippen LogP contribution < -0.4 is 10.0 Å². The summed E-state index contributed by atoms with van der Waals surface area (Å²) in [5.41, 5.74) is 0.481. The first-order valence-corrected chi connectivity index (χ1v) is 10.5. The van der Waals surface area contributed by atoms with E-state index in [1.54, 1.807) is 0 Å². The van der Waals surface area contributed by atoms with Gasteiger partial charge in [-0.25, -0.2) is 8.42 Å². The SMILES string of the molecule is O=C(Nc1ccc(Cl)c(S(=O)(=O)Nc2ccc(Cl)cc2)c1)c1ccc([N+](=O)[O-])cc1. The van der Waals surface area contributed by atoms with Gasteiger partial charge < -0.3 is 5.32 Å². The van der Waals surface area contributed by atoms with Gasteiger partial charge in [0.15, 0.2) is 0 Å². The normalized spacial score (nSPS) is 11.0. The van der Waals surface area contributed by atoms with Crippen LogP contribution in [0.2, 0.25) is 10.0 Å². The van der Waals surface area contributed by atoms with Crippen molar-refractivity contribution in [2.24, 2.45) is 0 Å². The Morgan fingerprint density at radius 3 is 2.10 bits per heavy atom. The lowest BCUT2D eigenvalue weighted by Crippen LogP contribution is -2.15. The Morgan fingerprint density at radius 2 is 1.50 bits per heavy atom. The smallest absolute Gasteiger partial charge is 0.269 e. The molecule has 0 spiro atoms. The number of hydrogen-bond acceptors (Lipinski definition) is 5. The maximum atomic E-state index is 12.7. The van der Waals surface area contributed by atoms with Crippen LogP contribution in [0.5, 0.6) is 0 Å². The molecule has 2 N–H and O–H groups in total. The molecule has 8 nitrogen and oxygen atoms in total. The summed E-state index contributed by atoms with van der Waals surface area (Å²) in [7, 11) is -4.05. The number of anilines is 2. The first kappa shape index (κ1) is 21.6. The monoisotopic (exact) mass is 465 g/mol. The van der Waals surface area contributed by atoms with E-state index in [2.05, 4.69) is 10.0 Å². The van der Waals surface area contributed by atoms with Crippen LogP contribution in [0.25, 0.3) is 0 Å². The molecule has 0 bridgehead atoms. The van der Waals surface area contributed by atoms with Gasteiger partial charge in [0, 0.05) is 34.1 Å². The predicted octanol–water partition coefficient (Wildman–Crippen LogP) is 4.95. The van der Waals surface area contributed by atoms with E-state index in [0.717, 1.165) is 0 Å². The maximum Gasteiger partial charge on any atom is 0.269 e. The van der Waals surface area contributed by atoms with Crippen molar-refractivity contribution in [1.29, 1.82) is 0 Å². The maximum absolute atomic E-state index is 12.7. The van der Waals surface area contributed by atoms with Gasteiger partial charge in [0.25, 0.3) is 21.6 Å². The summed E-state index contributed by atoms with van der Waals surface area (Å²) >= 11 is 11.9. The lowest BCUT2D eigenvalue weighted by atomic mass is 10.2. The summed E-state index contributed by atoms with van der Waals surface area (Å²) < 4.78 is 27.8. The summed E-state index contributed by atoms with van der Waals surface area (Å²) in [6.45, 7) is 0. The lowest BCUT2D eigenvalue weighted by molar-refractivity contribution is -0.384. The van der Waals surface area contributed by atoms with E-state index in [0.29, 0.717) is 5.02 Å². The molecule has 0 unspecified atom stereocenters. The fourth-order valence-electron chi connectivity index (χ4n) is 2.45. The van der Waals surface area contributed by atoms with Crippen molar-refractivity contribution in [1.82, 2.24) is 0 Å². The Labute approximate surface area is 181 Å². The highest BCUT2D eigenvalue weighted by Gasteiger charge is 2.20. The van der Waals surface area contributed by atoms with Crippen molar-refractivity contribution in [3.63, 3.8) is 0 Å². The molecule has 0 radical (unpaired) electrons. The number of nitro groups is 1. The minimum Gasteiger partial charge on any atom is -0.322 e. The van der Waals surface area contributed by atoms with Crippen molar-refractivity contribution in [3.8, 4) is 0 Å². The average Bonchev–Trinajstić information content (AvgIpc) is 2.71. The summed E-state index contributed by atoms with van der Waals surface area (Å²) in [5, 5.41) is 13.7. The highest BCUT2D eigenvalue weighted by atomic mass is 35.5. The summed E-state index contributed by atoms with van der Waals surface area (Å²) in [4.78, 5) is 22.3. The van der Waals surface area contributed by atoms with E-state index >= 15 is 0 Å². The molecule has 0 fully saturated rings. The molecular weight excluding hydrogens is 453 g/mol. The first-order chi connectivity index (χ1) is 14.2.